The minimum Gasteiger partial charge on any atom is -0.380 e. The first-order valence-electron chi connectivity index (χ1n) is 11.9. The number of hydrogen-bond donors (Lipinski definition) is 2. The highest BCUT2D eigenvalue weighted by Crippen LogP contribution is 2.44. The zero-order chi connectivity index (χ0) is 29.0. The summed E-state index contributed by atoms with van der Waals surface area (Å²) in [5.41, 5.74) is -4.95. The van der Waals surface area contributed by atoms with E-state index in [1.807, 2.05) is 0 Å². The third kappa shape index (κ3) is 5.27. The van der Waals surface area contributed by atoms with Crippen molar-refractivity contribution in [3.05, 3.63) is 80.6 Å². The second-order valence-electron chi connectivity index (χ2n) is 9.56. The van der Waals surface area contributed by atoms with E-state index in [4.69, 9.17) is 0 Å². The van der Waals surface area contributed by atoms with Crippen LogP contribution in [0, 0.1) is 17.7 Å². The minimum atomic E-state index is -4.88. The van der Waals surface area contributed by atoms with Gasteiger partial charge in [-0.25, -0.2) is 19.5 Å². The van der Waals surface area contributed by atoms with E-state index in [-0.39, 0.29) is 35.2 Å². The van der Waals surface area contributed by atoms with Gasteiger partial charge in [0.05, 0.1) is 28.4 Å². The highest BCUT2D eigenvalue weighted by atomic mass is 19.4. The van der Waals surface area contributed by atoms with Gasteiger partial charge < -0.3 is 9.88 Å². The van der Waals surface area contributed by atoms with Gasteiger partial charge in [-0.15, -0.1) is 0 Å². The summed E-state index contributed by atoms with van der Waals surface area (Å²) in [6.07, 6.45) is -5.47. The lowest BCUT2D eigenvalue weighted by molar-refractivity contribution is -0.139. The molecule has 0 amide bonds. The van der Waals surface area contributed by atoms with Gasteiger partial charge in [-0.1, -0.05) is 0 Å². The largest absolute Gasteiger partial charge is 0.423 e. The summed E-state index contributed by atoms with van der Waals surface area (Å²) in [4.78, 5) is 32.0. The number of alkyl halides is 6. The summed E-state index contributed by atoms with van der Waals surface area (Å²) < 4.78 is 94.5. The molecule has 40 heavy (non-hydrogen) atoms. The molecule has 1 aromatic carbocycles. The van der Waals surface area contributed by atoms with Crippen molar-refractivity contribution in [2.24, 2.45) is 11.8 Å². The Morgan fingerprint density at radius 2 is 1.77 bits per heavy atom. The molecule has 5 rings (SSSR count). The van der Waals surface area contributed by atoms with Crippen LogP contribution in [-0.4, -0.2) is 30.8 Å². The molecule has 0 bridgehead atoms. The van der Waals surface area contributed by atoms with Crippen LogP contribution in [-0.2, 0) is 18.9 Å². The Balaban J connectivity index is 1.33. The van der Waals surface area contributed by atoms with Crippen LogP contribution in [0.3, 0.4) is 0 Å². The van der Waals surface area contributed by atoms with Gasteiger partial charge in [0.15, 0.2) is 5.82 Å². The fourth-order valence-electron chi connectivity index (χ4n) is 4.72. The van der Waals surface area contributed by atoms with Crippen molar-refractivity contribution in [2.45, 2.75) is 38.3 Å². The maximum absolute atomic E-state index is 14.9. The lowest BCUT2D eigenvalue weighted by atomic mass is 10.1. The summed E-state index contributed by atoms with van der Waals surface area (Å²) in [7, 11) is 0. The monoisotopic (exact) mass is 568 g/mol. The molecule has 3 aromatic heterocycles. The predicted octanol–water partition coefficient (Wildman–Crippen LogP) is 4.86. The summed E-state index contributed by atoms with van der Waals surface area (Å²) in [5.74, 6) is -1.36. The van der Waals surface area contributed by atoms with Gasteiger partial charge in [-0.3, -0.25) is 9.59 Å². The molecule has 0 aliphatic heterocycles. The number of benzene rings is 1. The number of aromatic amines is 1. The molecule has 1 aliphatic rings. The molecule has 0 radical (unpaired) electrons. The van der Waals surface area contributed by atoms with Crippen molar-refractivity contribution in [1.82, 2.24) is 24.7 Å². The lowest BCUT2D eigenvalue weighted by Crippen LogP contribution is -2.28. The van der Waals surface area contributed by atoms with Crippen LogP contribution in [0.1, 0.15) is 24.5 Å². The SMILES string of the molecule is CC(Nc1cn[nH]c(=O)c1C(F)(F)F)[C@@H]1C[C@H]1Cn1ccc2cc(-c3ncc(C(F)(F)F)cn3)c(F)cc2c1=O. The third-order valence-electron chi connectivity index (χ3n) is 6.86. The van der Waals surface area contributed by atoms with Gasteiger partial charge in [0.25, 0.3) is 11.1 Å². The third-order valence-corrected chi connectivity index (χ3v) is 6.86. The summed E-state index contributed by atoms with van der Waals surface area (Å²) >= 11 is 0. The summed E-state index contributed by atoms with van der Waals surface area (Å²) in [6, 6.07) is 3.31. The predicted molar refractivity (Wildman–Crippen MR) is 129 cm³/mol. The van der Waals surface area contributed by atoms with Gasteiger partial charge in [0.1, 0.15) is 11.4 Å². The van der Waals surface area contributed by atoms with E-state index < -0.39 is 52.1 Å². The molecule has 2 N–H and O–H groups in total. The van der Waals surface area contributed by atoms with Crippen molar-refractivity contribution in [3.63, 3.8) is 0 Å². The maximum Gasteiger partial charge on any atom is 0.423 e. The first-order valence-corrected chi connectivity index (χ1v) is 11.9. The molecule has 0 spiro atoms. The number of H-pyrrole nitrogens is 1. The van der Waals surface area contributed by atoms with Crippen molar-refractivity contribution in [2.75, 3.05) is 5.32 Å². The van der Waals surface area contributed by atoms with Gasteiger partial charge in [0, 0.05) is 31.2 Å². The van der Waals surface area contributed by atoms with E-state index in [1.165, 1.54) is 16.8 Å². The Hall–Kier alpha value is -4.30. The number of halogens is 7. The molecular weight excluding hydrogens is 549 g/mol. The number of rotatable bonds is 6. The lowest BCUT2D eigenvalue weighted by Gasteiger charge is -2.18. The molecule has 4 aromatic rings. The van der Waals surface area contributed by atoms with E-state index in [1.54, 1.807) is 18.1 Å². The average molecular weight is 568 g/mol. The quantitative estimate of drug-likeness (QED) is 0.322. The molecule has 1 saturated carbocycles. The highest BCUT2D eigenvalue weighted by molar-refractivity contribution is 5.86. The molecule has 3 atom stereocenters. The van der Waals surface area contributed by atoms with Gasteiger partial charge in [-0.2, -0.15) is 31.4 Å². The van der Waals surface area contributed by atoms with E-state index in [2.05, 4.69) is 20.4 Å². The summed E-state index contributed by atoms with van der Waals surface area (Å²) in [5, 5.41) is 8.27. The smallest absolute Gasteiger partial charge is 0.380 e. The highest BCUT2D eigenvalue weighted by Gasteiger charge is 2.43. The second-order valence-corrected chi connectivity index (χ2v) is 9.56. The van der Waals surface area contributed by atoms with E-state index in [0.717, 1.165) is 12.3 Å². The zero-order valence-corrected chi connectivity index (χ0v) is 20.4. The number of aromatic nitrogens is 5. The van der Waals surface area contributed by atoms with E-state index in [9.17, 15) is 40.3 Å². The fraction of sp³-hybridized carbons (Fsp3) is 0.320. The van der Waals surface area contributed by atoms with E-state index in [0.29, 0.717) is 24.2 Å². The van der Waals surface area contributed by atoms with Crippen LogP contribution in [0.15, 0.2) is 52.6 Å². The Morgan fingerprint density at radius 3 is 2.42 bits per heavy atom. The Kier molecular flexibility index (Phi) is 6.62. The number of fused-ring (bicyclic) bond motifs is 1. The normalized spacial score (nSPS) is 18.1. The van der Waals surface area contributed by atoms with Crippen LogP contribution in [0.5, 0.6) is 0 Å². The van der Waals surface area contributed by atoms with Gasteiger partial charge in [0.2, 0.25) is 0 Å². The average Bonchev–Trinajstić information content (AvgIpc) is 3.64. The molecule has 3 heterocycles. The Bertz CT molecular complexity index is 1700. The standard InChI is InChI=1S/C25H19F7N6O2/c1-11(36-19-9-35-37-22(39)20(19)25(30,31)32)15-5-13(15)10-38-3-2-12-4-17(18(26)6-16(12)23(38)40)21-33-7-14(8-34-21)24(27,28)29/h2-4,6-9,11,13,15H,5,10H2,1H3,(H2,36,37,39)/t11?,13-,15-/m0/s1. The number of pyridine rings is 1. The first-order chi connectivity index (χ1) is 18.7. The topological polar surface area (TPSA) is 106 Å². The number of anilines is 1. The summed E-state index contributed by atoms with van der Waals surface area (Å²) in [6.45, 7) is 1.88. The van der Waals surface area contributed by atoms with Crippen molar-refractivity contribution in [1.29, 1.82) is 0 Å². The van der Waals surface area contributed by atoms with Crippen LogP contribution >= 0.6 is 0 Å². The number of nitrogens with one attached hydrogen (secondary N) is 2. The van der Waals surface area contributed by atoms with Gasteiger partial charge >= 0.3 is 12.4 Å². The second kappa shape index (κ2) is 9.71. The fourth-order valence-corrected chi connectivity index (χ4v) is 4.72. The van der Waals surface area contributed by atoms with Crippen LogP contribution in [0.2, 0.25) is 0 Å². The van der Waals surface area contributed by atoms with Crippen LogP contribution in [0.25, 0.3) is 22.2 Å². The Labute approximate surface area is 219 Å². The van der Waals surface area contributed by atoms with Crippen molar-refractivity contribution in [3.8, 4) is 11.4 Å². The Morgan fingerprint density at radius 1 is 1.07 bits per heavy atom. The molecular formula is C25H19F7N6O2. The number of nitrogens with zero attached hydrogens (tertiary/aromatic N) is 4. The molecule has 1 unspecified atom stereocenters. The zero-order valence-electron chi connectivity index (χ0n) is 20.4. The van der Waals surface area contributed by atoms with Crippen molar-refractivity contribution >= 4 is 16.5 Å². The molecule has 1 aliphatic carbocycles. The van der Waals surface area contributed by atoms with E-state index >= 15 is 0 Å². The molecule has 0 saturated heterocycles. The molecule has 210 valence electrons. The maximum atomic E-state index is 14.9. The number of hydrogen-bond acceptors (Lipinski definition) is 6. The molecule has 1 fully saturated rings. The van der Waals surface area contributed by atoms with Crippen molar-refractivity contribution < 1.29 is 30.7 Å². The van der Waals surface area contributed by atoms with Gasteiger partial charge in [-0.05, 0) is 48.8 Å². The minimum absolute atomic E-state index is 0.0310. The van der Waals surface area contributed by atoms with Crippen LogP contribution in [0.4, 0.5) is 36.4 Å². The first kappa shape index (κ1) is 27.3. The molecule has 8 nitrogen and oxygen atoms in total. The van der Waals surface area contributed by atoms with Crippen LogP contribution < -0.4 is 16.4 Å². The molecule has 15 heteroatoms.